The van der Waals surface area contributed by atoms with Crippen LogP contribution in [0.25, 0.3) is 0 Å². The molecular weight excluding hydrogens is 238 g/mol. The summed E-state index contributed by atoms with van der Waals surface area (Å²) in [6.07, 6.45) is 0.121. The van der Waals surface area contributed by atoms with Crippen LogP contribution in [0.3, 0.4) is 0 Å². The lowest BCUT2D eigenvalue weighted by Crippen LogP contribution is -2.18. The summed E-state index contributed by atoms with van der Waals surface area (Å²) in [5.74, 6) is -0.384. The maximum atomic E-state index is 11.2. The summed E-state index contributed by atoms with van der Waals surface area (Å²) >= 11 is 1.49. The third-order valence-electron chi connectivity index (χ3n) is 2.69. The zero-order chi connectivity index (χ0) is 12.4. The second-order valence-electron chi connectivity index (χ2n) is 4.09. The van der Waals surface area contributed by atoms with E-state index in [1.807, 2.05) is 25.1 Å². The van der Waals surface area contributed by atoms with Crippen LogP contribution in [0, 0.1) is 0 Å². The molecule has 2 N–H and O–H groups in total. The molecule has 0 saturated carbocycles. The van der Waals surface area contributed by atoms with Gasteiger partial charge in [0.05, 0.1) is 17.9 Å². The van der Waals surface area contributed by atoms with Crippen LogP contribution in [0.5, 0.6) is 0 Å². The Hall–Kier alpha value is -1.49. The molecule has 1 unspecified atom stereocenters. The Labute approximate surface area is 103 Å². The van der Waals surface area contributed by atoms with Gasteiger partial charge in [0, 0.05) is 4.90 Å². The number of hydrogen-bond donors (Lipinski definition) is 2. The average molecular weight is 251 g/mol. The van der Waals surface area contributed by atoms with Gasteiger partial charge >= 0.3 is 5.97 Å². The minimum absolute atomic E-state index is 0.00818. The van der Waals surface area contributed by atoms with E-state index in [0.717, 1.165) is 16.1 Å². The minimum Gasteiger partial charge on any atom is -0.481 e. The SMILES string of the molecule is CC(CC(=O)O)c1ccc2c(c1)SCC(=O)N2. The summed E-state index contributed by atoms with van der Waals surface area (Å²) in [5, 5.41) is 11.5. The topological polar surface area (TPSA) is 66.4 Å². The van der Waals surface area contributed by atoms with E-state index in [1.54, 1.807) is 0 Å². The van der Waals surface area contributed by atoms with Crippen LogP contribution in [-0.2, 0) is 9.59 Å². The maximum Gasteiger partial charge on any atom is 0.303 e. The predicted molar refractivity (Wildman–Crippen MR) is 66.5 cm³/mol. The summed E-state index contributed by atoms with van der Waals surface area (Å²) in [6, 6.07) is 5.68. The van der Waals surface area contributed by atoms with E-state index in [2.05, 4.69) is 5.32 Å². The van der Waals surface area contributed by atoms with Crippen LogP contribution in [0.15, 0.2) is 23.1 Å². The zero-order valence-electron chi connectivity index (χ0n) is 9.40. The van der Waals surface area contributed by atoms with Gasteiger partial charge in [-0.3, -0.25) is 9.59 Å². The van der Waals surface area contributed by atoms with Crippen molar-refractivity contribution in [2.45, 2.75) is 24.2 Å². The average Bonchev–Trinajstić information content (AvgIpc) is 2.27. The maximum absolute atomic E-state index is 11.2. The predicted octanol–water partition coefficient (Wildman–Crippen LogP) is 2.31. The number of benzene rings is 1. The highest BCUT2D eigenvalue weighted by Gasteiger charge is 2.17. The van der Waals surface area contributed by atoms with Crippen molar-refractivity contribution in [3.05, 3.63) is 23.8 Å². The van der Waals surface area contributed by atoms with Crippen LogP contribution in [0.4, 0.5) is 5.69 Å². The Morgan fingerprint density at radius 1 is 1.59 bits per heavy atom. The smallest absolute Gasteiger partial charge is 0.303 e. The highest BCUT2D eigenvalue weighted by molar-refractivity contribution is 8.00. The normalized spacial score (nSPS) is 15.9. The molecule has 2 rings (SSSR count). The van der Waals surface area contributed by atoms with Crippen LogP contribution >= 0.6 is 11.8 Å². The number of thioether (sulfide) groups is 1. The molecule has 1 amide bonds. The fourth-order valence-corrected chi connectivity index (χ4v) is 2.63. The van der Waals surface area contributed by atoms with Crippen molar-refractivity contribution in [3.8, 4) is 0 Å². The number of nitrogens with one attached hydrogen (secondary N) is 1. The molecule has 1 aromatic rings. The standard InChI is InChI=1S/C12H13NO3S/c1-7(4-12(15)16)8-2-3-9-10(5-8)17-6-11(14)13-9/h2-3,5,7H,4,6H2,1H3,(H,13,14)(H,15,16). The van der Waals surface area contributed by atoms with Crippen molar-refractivity contribution in [2.24, 2.45) is 0 Å². The molecule has 90 valence electrons. The number of hydrogen-bond acceptors (Lipinski definition) is 3. The third kappa shape index (κ3) is 2.79. The molecule has 0 radical (unpaired) electrons. The highest BCUT2D eigenvalue weighted by Crippen LogP contribution is 2.34. The number of rotatable bonds is 3. The van der Waals surface area contributed by atoms with Crippen molar-refractivity contribution in [1.82, 2.24) is 0 Å². The van der Waals surface area contributed by atoms with Crippen LogP contribution < -0.4 is 5.32 Å². The number of fused-ring (bicyclic) bond motifs is 1. The van der Waals surface area contributed by atoms with E-state index in [-0.39, 0.29) is 18.2 Å². The number of carbonyl (C=O) groups is 2. The molecule has 0 saturated heterocycles. The number of carboxylic acids is 1. The van der Waals surface area contributed by atoms with E-state index in [9.17, 15) is 9.59 Å². The van der Waals surface area contributed by atoms with Crippen LogP contribution in [0.2, 0.25) is 0 Å². The van der Waals surface area contributed by atoms with Gasteiger partial charge in [-0.25, -0.2) is 0 Å². The Morgan fingerprint density at radius 3 is 3.06 bits per heavy atom. The van der Waals surface area contributed by atoms with Crippen molar-refractivity contribution >= 4 is 29.3 Å². The Morgan fingerprint density at radius 2 is 2.35 bits per heavy atom. The molecule has 1 aromatic carbocycles. The first-order valence-electron chi connectivity index (χ1n) is 5.34. The minimum atomic E-state index is -0.795. The van der Waals surface area contributed by atoms with Crippen molar-refractivity contribution in [2.75, 3.05) is 11.1 Å². The molecule has 1 atom stereocenters. The number of carbonyl (C=O) groups excluding carboxylic acids is 1. The molecule has 1 aliphatic rings. The molecule has 0 fully saturated rings. The number of aliphatic carboxylic acids is 1. The van der Waals surface area contributed by atoms with Crippen LogP contribution in [0.1, 0.15) is 24.8 Å². The molecule has 1 aliphatic heterocycles. The lowest BCUT2D eigenvalue weighted by molar-refractivity contribution is -0.137. The number of amides is 1. The largest absolute Gasteiger partial charge is 0.481 e. The lowest BCUT2D eigenvalue weighted by atomic mass is 9.97. The fraction of sp³-hybridized carbons (Fsp3) is 0.333. The monoisotopic (exact) mass is 251 g/mol. The van der Waals surface area contributed by atoms with Gasteiger partial charge in [-0.2, -0.15) is 0 Å². The van der Waals surface area contributed by atoms with Gasteiger partial charge in [-0.05, 0) is 23.6 Å². The number of carboxylic acid groups (broad SMARTS) is 1. The van der Waals surface area contributed by atoms with Gasteiger partial charge in [0.1, 0.15) is 0 Å². The second kappa shape index (κ2) is 4.79. The summed E-state index contributed by atoms with van der Waals surface area (Å²) in [4.78, 5) is 22.8. The Kier molecular flexibility index (Phi) is 3.38. The second-order valence-corrected chi connectivity index (χ2v) is 5.11. The van der Waals surface area contributed by atoms with Gasteiger partial charge in [0.25, 0.3) is 0 Å². The third-order valence-corrected chi connectivity index (χ3v) is 3.74. The quantitative estimate of drug-likeness (QED) is 0.865. The molecule has 1 heterocycles. The summed E-state index contributed by atoms with van der Waals surface area (Å²) in [6.45, 7) is 1.89. The van der Waals surface area contributed by atoms with Gasteiger partial charge in [0.15, 0.2) is 0 Å². The first-order valence-corrected chi connectivity index (χ1v) is 6.33. The lowest BCUT2D eigenvalue weighted by Gasteiger charge is -2.18. The molecular formula is C12H13NO3S. The summed E-state index contributed by atoms with van der Waals surface area (Å²) < 4.78 is 0. The van der Waals surface area contributed by atoms with E-state index >= 15 is 0 Å². The zero-order valence-corrected chi connectivity index (χ0v) is 10.2. The molecule has 0 aliphatic carbocycles. The van der Waals surface area contributed by atoms with E-state index in [4.69, 9.17) is 5.11 Å². The first-order chi connectivity index (χ1) is 8.06. The van der Waals surface area contributed by atoms with Crippen molar-refractivity contribution in [3.63, 3.8) is 0 Å². The van der Waals surface area contributed by atoms with E-state index in [0.29, 0.717) is 5.75 Å². The van der Waals surface area contributed by atoms with Crippen molar-refractivity contribution in [1.29, 1.82) is 0 Å². The molecule has 0 spiro atoms. The summed E-state index contributed by atoms with van der Waals surface area (Å²) in [5.41, 5.74) is 1.81. The Balaban J connectivity index is 2.21. The van der Waals surface area contributed by atoms with Crippen molar-refractivity contribution < 1.29 is 14.7 Å². The van der Waals surface area contributed by atoms with Gasteiger partial charge in [-0.15, -0.1) is 11.8 Å². The first kappa shape index (κ1) is 12.0. The Bertz CT molecular complexity index is 473. The van der Waals surface area contributed by atoms with E-state index < -0.39 is 5.97 Å². The highest BCUT2D eigenvalue weighted by atomic mass is 32.2. The fourth-order valence-electron chi connectivity index (χ4n) is 1.78. The van der Waals surface area contributed by atoms with E-state index in [1.165, 1.54) is 11.8 Å². The van der Waals surface area contributed by atoms with Crippen LogP contribution in [-0.4, -0.2) is 22.7 Å². The number of anilines is 1. The van der Waals surface area contributed by atoms with Gasteiger partial charge in [-0.1, -0.05) is 13.0 Å². The molecule has 0 aromatic heterocycles. The molecule has 0 bridgehead atoms. The van der Waals surface area contributed by atoms with Gasteiger partial charge in [0.2, 0.25) is 5.91 Å². The summed E-state index contributed by atoms with van der Waals surface area (Å²) in [7, 11) is 0. The molecule has 17 heavy (non-hydrogen) atoms. The molecule has 4 nitrogen and oxygen atoms in total. The molecule has 5 heteroatoms. The van der Waals surface area contributed by atoms with Gasteiger partial charge < -0.3 is 10.4 Å².